The Balaban J connectivity index is 2.10. The molecule has 3 N–H and O–H groups in total. The molecule has 2 rings (SSSR count). The number of nitrogens with one attached hydrogen (secondary N) is 1. The monoisotopic (exact) mass is 223 g/mol. The normalized spacial score (nSPS) is 16.9. The van der Waals surface area contributed by atoms with Gasteiger partial charge in [-0.25, -0.2) is 9.37 Å². The Morgan fingerprint density at radius 1 is 1.69 bits per heavy atom. The molecule has 5 heteroatoms. The summed E-state index contributed by atoms with van der Waals surface area (Å²) >= 11 is 0. The van der Waals surface area contributed by atoms with Crippen LogP contribution < -0.4 is 11.1 Å². The highest BCUT2D eigenvalue weighted by molar-refractivity contribution is 5.95. The van der Waals surface area contributed by atoms with Crippen LogP contribution >= 0.6 is 0 Å². The van der Waals surface area contributed by atoms with Crippen LogP contribution in [-0.2, 0) is 0 Å². The largest absolute Gasteiger partial charge is 0.381 e. The van der Waals surface area contributed by atoms with Gasteiger partial charge in [-0.05, 0) is 31.7 Å². The molecule has 0 bridgehead atoms. The maximum absolute atomic E-state index is 13.5. The third-order valence-electron chi connectivity index (χ3n) is 2.85. The van der Waals surface area contributed by atoms with Crippen molar-refractivity contribution in [2.24, 2.45) is 5.92 Å². The molecule has 1 amide bonds. The van der Waals surface area contributed by atoms with Gasteiger partial charge in [0.25, 0.3) is 5.91 Å². The van der Waals surface area contributed by atoms with Gasteiger partial charge < -0.3 is 11.1 Å². The molecule has 1 fully saturated rings. The van der Waals surface area contributed by atoms with E-state index in [4.69, 9.17) is 5.73 Å². The molecule has 0 radical (unpaired) electrons. The van der Waals surface area contributed by atoms with Gasteiger partial charge in [0.05, 0.1) is 5.56 Å². The summed E-state index contributed by atoms with van der Waals surface area (Å²) in [6.07, 6.45) is 3.58. The zero-order chi connectivity index (χ0) is 11.7. The maximum atomic E-state index is 13.5. The standard InChI is InChI=1S/C11H14FN3O/c1-6(7-2-3-7)15-11(16)8-4-5-14-10(13)9(8)12/h4-7H,2-3H2,1H3,(H2,13,14)(H,15,16). The summed E-state index contributed by atoms with van der Waals surface area (Å²) in [6.45, 7) is 1.93. The van der Waals surface area contributed by atoms with Gasteiger partial charge in [-0.1, -0.05) is 0 Å². The van der Waals surface area contributed by atoms with E-state index in [0.29, 0.717) is 5.92 Å². The molecule has 0 aromatic carbocycles. The Bertz CT molecular complexity index is 418. The van der Waals surface area contributed by atoms with Crippen molar-refractivity contribution < 1.29 is 9.18 Å². The highest BCUT2D eigenvalue weighted by Crippen LogP contribution is 2.32. The van der Waals surface area contributed by atoms with Crippen LogP contribution in [0.5, 0.6) is 0 Å². The average molecular weight is 223 g/mol. The van der Waals surface area contributed by atoms with E-state index in [9.17, 15) is 9.18 Å². The highest BCUT2D eigenvalue weighted by Gasteiger charge is 2.29. The molecule has 16 heavy (non-hydrogen) atoms. The molecule has 1 aromatic heterocycles. The van der Waals surface area contributed by atoms with E-state index < -0.39 is 11.7 Å². The number of hydrogen-bond acceptors (Lipinski definition) is 3. The molecule has 0 saturated heterocycles. The Kier molecular flexibility index (Phi) is 2.77. The number of nitrogens with two attached hydrogens (primary N) is 1. The van der Waals surface area contributed by atoms with Crippen molar-refractivity contribution in [1.82, 2.24) is 10.3 Å². The summed E-state index contributed by atoms with van der Waals surface area (Å²) < 4.78 is 13.5. The van der Waals surface area contributed by atoms with Gasteiger partial charge in [-0.3, -0.25) is 4.79 Å². The molecule has 86 valence electrons. The quantitative estimate of drug-likeness (QED) is 0.812. The molecular formula is C11H14FN3O. The maximum Gasteiger partial charge on any atom is 0.254 e. The van der Waals surface area contributed by atoms with Crippen molar-refractivity contribution in [3.05, 3.63) is 23.6 Å². The first-order valence-electron chi connectivity index (χ1n) is 5.30. The lowest BCUT2D eigenvalue weighted by atomic mass is 10.2. The van der Waals surface area contributed by atoms with Crippen molar-refractivity contribution in [3.63, 3.8) is 0 Å². The SMILES string of the molecule is CC(NC(=O)c1ccnc(N)c1F)C1CC1. The second-order valence-electron chi connectivity index (χ2n) is 4.16. The fraction of sp³-hybridized carbons (Fsp3) is 0.455. The number of nitrogens with zero attached hydrogens (tertiary/aromatic N) is 1. The van der Waals surface area contributed by atoms with Gasteiger partial charge in [0.2, 0.25) is 0 Å². The molecule has 1 saturated carbocycles. The van der Waals surface area contributed by atoms with Crippen LogP contribution in [0.25, 0.3) is 0 Å². The van der Waals surface area contributed by atoms with E-state index in [2.05, 4.69) is 10.3 Å². The molecule has 1 atom stereocenters. The molecule has 1 aromatic rings. The minimum atomic E-state index is -0.747. The average Bonchev–Trinajstić information content (AvgIpc) is 3.05. The second kappa shape index (κ2) is 4.08. The Hall–Kier alpha value is -1.65. The first-order valence-corrected chi connectivity index (χ1v) is 5.30. The highest BCUT2D eigenvalue weighted by atomic mass is 19.1. The number of pyridine rings is 1. The van der Waals surface area contributed by atoms with Crippen LogP contribution in [0, 0.1) is 11.7 Å². The molecule has 0 spiro atoms. The molecule has 1 aliphatic rings. The Morgan fingerprint density at radius 3 is 3.00 bits per heavy atom. The van der Waals surface area contributed by atoms with E-state index in [-0.39, 0.29) is 17.4 Å². The number of rotatable bonds is 3. The fourth-order valence-electron chi connectivity index (χ4n) is 1.63. The fourth-order valence-corrected chi connectivity index (χ4v) is 1.63. The molecule has 1 unspecified atom stereocenters. The van der Waals surface area contributed by atoms with Gasteiger partial charge in [-0.15, -0.1) is 0 Å². The van der Waals surface area contributed by atoms with E-state index in [1.54, 1.807) is 0 Å². The molecular weight excluding hydrogens is 209 g/mol. The lowest BCUT2D eigenvalue weighted by Crippen LogP contribution is -2.34. The van der Waals surface area contributed by atoms with Crippen LogP contribution in [0.2, 0.25) is 0 Å². The van der Waals surface area contributed by atoms with Crippen molar-refractivity contribution in [2.75, 3.05) is 5.73 Å². The summed E-state index contributed by atoms with van der Waals surface area (Å²) in [7, 11) is 0. The van der Waals surface area contributed by atoms with Crippen molar-refractivity contribution in [1.29, 1.82) is 0 Å². The summed E-state index contributed by atoms with van der Waals surface area (Å²) in [4.78, 5) is 15.3. The van der Waals surface area contributed by atoms with Gasteiger partial charge >= 0.3 is 0 Å². The van der Waals surface area contributed by atoms with Gasteiger partial charge in [0.1, 0.15) is 0 Å². The Labute approximate surface area is 93.1 Å². The van der Waals surface area contributed by atoms with Gasteiger partial charge in [0, 0.05) is 12.2 Å². The first-order chi connectivity index (χ1) is 7.59. The molecule has 4 nitrogen and oxygen atoms in total. The van der Waals surface area contributed by atoms with E-state index >= 15 is 0 Å². The molecule has 1 heterocycles. The zero-order valence-electron chi connectivity index (χ0n) is 9.03. The lowest BCUT2D eigenvalue weighted by Gasteiger charge is -2.13. The van der Waals surface area contributed by atoms with E-state index in [1.165, 1.54) is 12.3 Å². The first kappa shape index (κ1) is 10.9. The smallest absolute Gasteiger partial charge is 0.254 e. The van der Waals surface area contributed by atoms with Crippen LogP contribution in [0.4, 0.5) is 10.2 Å². The van der Waals surface area contributed by atoms with Gasteiger partial charge in [-0.2, -0.15) is 0 Å². The van der Waals surface area contributed by atoms with Crippen LogP contribution in [0.3, 0.4) is 0 Å². The van der Waals surface area contributed by atoms with Crippen LogP contribution in [0.15, 0.2) is 12.3 Å². The van der Waals surface area contributed by atoms with Crippen molar-refractivity contribution >= 4 is 11.7 Å². The second-order valence-corrected chi connectivity index (χ2v) is 4.16. The molecule has 1 aliphatic carbocycles. The third kappa shape index (κ3) is 2.13. The number of hydrogen-bond donors (Lipinski definition) is 2. The predicted molar refractivity (Wildman–Crippen MR) is 58.3 cm³/mol. The lowest BCUT2D eigenvalue weighted by molar-refractivity contribution is 0.0931. The Morgan fingerprint density at radius 2 is 2.38 bits per heavy atom. The number of carbonyl (C=O) groups excluding carboxylic acids is 1. The number of halogens is 1. The predicted octanol–water partition coefficient (Wildman–Crippen LogP) is 1.33. The number of nitrogen functional groups attached to an aromatic ring is 1. The summed E-state index contributed by atoms with van der Waals surface area (Å²) in [5.74, 6) is -0.882. The summed E-state index contributed by atoms with van der Waals surface area (Å²) in [6, 6.07) is 1.42. The van der Waals surface area contributed by atoms with E-state index in [1.807, 2.05) is 6.92 Å². The number of carbonyl (C=O) groups is 1. The topological polar surface area (TPSA) is 68.0 Å². The van der Waals surface area contributed by atoms with Crippen LogP contribution in [-0.4, -0.2) is 16.9 Å². The number of aromatic nitrogens is 1. The number of amides is 1. The van der Waals surface area contributed by atoms with E-state index in [0.717, 1.165) is 12.8 Å². The molecule has 0 aliphatic heterocycles. The third-order valence-corrected chi connectivity index (χ3v) is 2.85. The van der Waals surface area contributed by atoms with Crippen molar-refractivity contribution in [3.8, 4) is 0 Å². The summed E-state index contributed by atoms with van der Waals surface area (Å²) in [5, 5.41) is 2.76. The zero-order valence-corrected chi connectivity index (χ0v) is 9.03. The van der Waals surface area contributed by atoms with Gasteiger partial charge in [0.15, 0.2) is 11.6 Å². The minimum Gasteiger partial charge on any atom is -0.381 e. The van der Waals surface area contributed by atoms with Crippen LogP contribution in [0.1, 0.15) is 30.1 Å². The number of anilines is 1. The minimum absolute atomic E-state index is 0.0417. The van der Waals surface area contributed by atoms with Crippen molar-refractivity contribution in [2.45, 2.75) is 25.8 Å². The summed E-state index contributed by atoms with van der Waals surface area (Å²) in [5.41, 5.74) is 5.25.